The molecule has 0 radical (unpaired) electrons. The fourth-order valence-electron chi connectivity index (χ4n) is 4.65. The Morgan fingerprint density at radius 1 is 1.02 bits per heavy atom. The maximum atomic E-state index is 14.4. The molecular formula is C32H32FN7O3. The molecule has 0 fully saturated rings. The molecule has 2 amide bonds. The van der Waals surface area contributed by atoms with E-state index in [2.05, 4.69) is 25.7 Å². The van der Waals surface area contributed by atoms with Gasteiger partial charge in [-0.2, -0.15) is 4.80 Å². The molecule has 43 heavy (non-hydrogen) atoms. The summed E-state index contributed by atoms with van der Waals surface area (Å²) in [6.07, 6.45) is 1.56. The Morgan fingerprint density at radius 3 is 2.47 bits per heavy atom. The van der Waals surface area contributed by atoms with Crippen LogP contribution in [0, 0.1) is 5.82 Å². The largest absolute Gasteiger partial charge is 0.494 e. The van der Waals surface area contributed by atoms with Gasteiger partial charge in [-0.05, 0) is 74.9 Å². The van der Waals surface area contributed by atoms with E-state index in [1.807, 2.05) is 58.0 Å². The van der Waals surface area contributed by atoms with Crippen LogP contribution in [0.15, 0.2) is 85.1 Å². The van der Waals surface area contributed by atoms with Gasteiger partial charge in [0.2, 0.25) is 11.7 Å². The van der Waals surface area contributed by atoms with Crippen molar-refractivity contribution in [1.82, 2.24) is 30.5 Å². The number of hydrogen-bond donors (Lipinski definition) is 1. The van der Waals surface area contributed by atoms with Crippen molar-refractivity contribution in [2.24, 2.45) is 0 Å². The molecule has 5 aromatic rings. The van der Waals surface area contributed by atoms with Crippen molar-refractivity contribution in [3.05, 3.63) is 96.4 Å². The average molecular weight is 582 g/mol. The third-order valence-electron chi connectivity index (χ3n) is 6.48. The Labute approximate surface area is 248 Å². The Morgan fingerprint density at radius 2 is 1.74 bits per heavy atom. The summed E-state index contributed by atoms with van der Waals surface area (Å²) in [6, 6.07) is 21.3. The van der Waals surface area contributed by atoms with Crippen LogP contribution in [0.4, 0.5) is 10.1 Å². The van der Waals surface area contributed by atoms with Crippen LogP contribution in [0.2, 0.25) is 0 Å². The number of ether oxygens (including phenoxy) is 1. The summed E-state index contributed by atoms with van der Waals surface area (Å²) in [5.74, 6) is -0.724. The van der Waals surface area contributed by atoms with Crippen LogP contribution in [-0.2, 0) is 16.1 Å². The molecule has 2 heterocycles. The molecule has 1 N–H and O–H groups in total. The van der Waals surface area contributed by atoms with Crippen LogP contribution in [0.5, 0.6) is 5.75 Å². The summed E-state index contributed by atoms with van der Waals surface area (Å²) in [4.78, 5) is 35.2. The first-order valence-electron chi connectivity index (χ1n) is 13.9. The van der Waals surface area contributed by atoms with E-state index in [0.717, 1.165) is 15.7 Å². The molecule has 0 aliphatic carbocycles. The lowest BCUT2D eigenvalue weighted by molar-refractivity contribution is -0.128. The van der Waals surface area contributed by atoms with E-state index in [-0.39, 0.29) is 17.9 Å². The molecular weight excluding hydrogens is 549 g/mol. The Kier molecular flexibility index (Phi) is 8.42. The zero-order chi connectivity index (χ0) is 30.6. The maximum absolute atomic E-state index is 14.4. The number of anilines is 1. The number of rotatable bonds is 9. The van der Waals surface area contributed by atoms with Gasteiger partial charge in [0.05, 0.1) is 29.6 Å². The standard InChI is InChI=1S/C32H32FN7O3/c1-5-43-24-16-14-21(15-17-24)29(31(42)35-32(2,3)4)40(23-18-22-10-6-9-13-27(22)34-19-23)28(41)20-39-37-30(36-38-39)25-11-7-8-12-26(25)33/h6-19,29H,5,20H2,1-4H3,(H,35,42). The molecule has 0 aliphatic rings. The zero-order valence-electron chi connectivity index (χ0n) is 24.4. The molecule has 11 heteroatoms. The molecule has 0 bridgehead atoms. The highest BCUT2D eigenvalue weighted by Gasteiger charge is 2.35. The van der Waals surface area contributed by atoms with Gasteiger partial charge >= 0.3 is 0 Å². The van der Waals surface area contributed by atoms with Crippen molar-refractivity contribution in [1.29, 1.82) is 0 Å². The number of amides is 2. The molecule has 2 aromatic heterocycles. The first-order chi connectivity index (χ1) is 20.6. The quantitative estimate of drug-likeness (QED) is 0.257. The van der Waals surface area contributed by atoms with Gasteiger partial charge in [0.1, 0.15) is 24.2 Å². The smallest absolute Gasteiger partial charge is 0.251 e. The van der Waals surface area contributed by atoms with Gasteiger partial charge in [-0.15, -0.1) is 10.2 Å². The lowest BCUT2D eigenvalue weighted by atomic mass is 10.0. The molecule has 1 atom stereocenters. The number of pyridine rings is 1. The van der Waals surface area contributed by atoms with Crippen LogP contribution < -0.4 is 15.0 Å². The first-order valence-corrected chi connectivity index (χ1v) is 13.9. The predicted octanol–water partition coefficient (Wildman–Crippen LogP) is 5.12. The molecule has 0 aliphatic heterocycles. The van der Waals surface area contributed by atoms with E-state index in [1.165, 1.54) is 17.0 Å². The van der Waals surface area contributed by atoms with Crippen molar-refractivity contribution >= 4 is 28.4 Å². The fourth-order valence-corrected chi connectivity index (χ4v) is 4.65. The van der Waals surface area contributed by atoms with Crippen molar-refractivity contribution in [2.75, 3.05) is 11.5 Å². The number of tetrazole rings is 1. The molecule has 10 nitrogen and oxygen atoms in total. The van der Waals surface area contributed by atoms with E-state index in [4.69, 9.17) is 4.74 Å². The van der Waals surface area contributed by atoms with Crippen LogP contribution in [-0.4, -0.2) is 49.2 Å². The number of nitrogens with one attached hydrogen (secondary N) is 1. The molecule has 1 unspecified atom stereocenters. The van der Waals surface area contributed by atoms with Crippen LogP contribution in [0.1, 0.15) is 39.3 Å². The minimum absolute atomic E-state index is 0.0401. The molecule has 3 aromatic carbocycles. The van der Waals surface area contributed by atoms with E-state index >= 15 is 0 Å². The number of nitrogens with zero attached hydrogens (tertiary/aromatic N) is 6. The highest BCUT2D eigenvalue weighted by atomic mass is 19.1. The number of halogens is 1. The highest BCUT2D eigenvalue weighted by Crippen LogP contribution is 2.31. The molecule has 220 valence electrons. The second-order valence-electron chi connectivity index (χ2n) is 10.9. The van der Waals surface area contributed by atoms with Crippen molar-refractivity contribution in [2.45, 2.75) is 45.8 Å². The Balaban J connectivity index is 1.59. The minimum Gasteiger partial charge on any atom is -0.494 e. The van der Waals surface area contributed by atoms with Crippen molar-refractivity contribution in [3.8, 4) is 17.1 Å². The van der Waals surface area contributed by atoms with Gasteiger partial charge in [0, 0.05) is 10.9 Å². The van der Waals surface area contributed by atoms with Crippen molar-refractivity contribution in [3.63, 3.8) is 0 Å². The van der Waals surface area contributed by atoms with E-state index in [0.29, 0.717) is 23.6 Å². The number of carbonyl (C=O) groups is 2. The molecule has 0 spiro atoms. The molecule has 0 saturated carbocycles. The summed E-state index contributed by atoms with van der Waals surface area (Å²) < 4.78 is 20.0. The second-order valence-corrected chi connectivity index (χ2v) is 10.9. The van der Waals surface area contributed by atoms with Gasteiger partial charge in [-0.1, -0.05) is 42.5 Å². The number of hydrogen-bond acceptors (Lipinski definition) is 7. The monoisotopic (exact) mass is 581 g/mol. The summed E-state index contributed by atoms with van der Waals surface area (Å²) in [6.45, 7) is 7.61. The number of benzene rings is 3. The second kappa shape index (κ2) is 12.4. The third-order valence-corrected chi connectivity index (χ3v) is 6.48. The third kappa shape index (κ3) is 6.83. The van der Waals surface area contributed by atoms with E-state index < -0.39 is 29.2 Å². The minimum atomic E-state index is -1.08. The SMILES string of the molecule is CCOc1ccc(C(C(=O)NC(C)(C)C)N(C(=O)Cn2nnc(-c3ccccc3F)n2)c2cnc3ccccc3c2)cc1. The van der Waals surface area contributed by atoms with Crippen molar-refractivity contribution < 1.29 is 18.7 Å². The number of fused-ring (bicyclic) bond motifs is 1. The van der Waals surface area contributed by atoms with E-state index in [1.54, 1.807) is 42.6 Å². The Hall–Kier alpha value is -5.19. The van der Waals surface area contributed by atoms with E-state index in [9.17, 15) is 14.0 Å². The average Bonchev–Trinajstić information content (AvgIpc) is 3.43. The summed E-state index contributed by atoms with van der Waals surface area (Å²) >= 11 is 0. The first kappa shape index (κ1) is 29.3. The summed E-state index contributed by atoms with van der Waals surface area (Å²) in [7, 11) is 0. The predicted molar refractivity (Wildman–Crippen MR) is 161 cm³/mol. The number of carbonyl (C=O) groups excluding carboxylic acids is 2. The number of aromatic nitrogens is 5. The number of para-hydroxylation sites is 1. The fraction of sp³-hybridized carbons (Fsp3) is 0.250. The molecule has 0 saturated heterocycles. The van der Waals surface area contributed by atoms with Gasteiger partial charge in [-0.25, -0.2) is 4.39 Å². The van der Waals surface area contributed by atoms with Gasteiger partial charge in [0.15, 0.2) is 0 Å². The lowest BCUT2D eigenvalue weighted by Crippen LogP contribution is -2.50. The maximum Gasteiger partial charge on any atom is 0.251 e. The highest BCUT2D eigenvalue weighted by molar-refractivity contribution is 6.02. The van der Waals surface area contributed by atoms with Gasteiger partial charge in [0.25, 0.3) is 5.91 Å². The normalized spacial score (nSPS) is 12.1. The topological polar surface area (TPSA) is 115 Å². The van der Waals surface area contributed by atoms with Crippen LogP contribution in [0.3, 0.4) is 0 Å². The Bertz CT molecular complexity index is 1750. The lowest BCUT2D eigenvalue weighted by Gasteiger charge is -2.33. The van der Waals surface area contributed by atoms with Crippen LogP contribution in [0.25, 0.3) is 22.3 Å². The van der Waals surface area contributed by atoms with Crippen LogP contribution >= 0.6 is 0 Å². The zero-order valence-corrected chi connectivity index (χ0v) is 24.4. The summed E-state index contributed by atoms with van der Waals surface area (Å²) in [5.41, 5.74) is 1.28. The van der Waals surface area contributed by atoms with Gasteiger partial charge in [-0.3, -0.25) is 19.5 Å². The summed E-state index contributed by atoms with van der Waals surface area (Å²) in [5, 5.41) is 16.0. The van der Waals surface area contributed by atoms with Gasteiger partial charge < -0.3 is 10.1 Å². The molecule has 5 rings (SSSR count).